The molecule has 0 unspecified atom stereocenters. The SMILES string of the molecule is COc1cccc(C(=O)/C=C\N(C)C)c1. The third-order valence-electron chi connectivity index (χ3n) is 1.88. The number of ketones is 1. The predicted molar refractivity (Wildman–Crippen MR) is 60.2 cm³/mol. The van der Waals surface area contributed by atoms with Crippen molar-refractivity contribution in [3.63, 3.8) is 0 Å². The number of benzene rings is 1. The lowest BCUT2D eigenvalue weighted by Gasteiger charge is -2.03. The summed E-state index contributed by atoms with van der Waals surface area (Å²) in [5.74, 6) is 0.668. The summed E-state index contributed by atoms with van der Waals surface area (Å²) >= 11 is 0. The fourth-order valence-electron chi connectivity index (χ4n) is 1.09. The highest BCUT2D eigenvalue weighted by molar-refractivity contribution is 6.04. The first-order valence-corrected chi connectivity index (χ1v) is 4.66. The van der Waals surface area contributed by atoms with E-state index in [0.717, 1.165) is 0 Å². The van der Waals surface area contributed by atoms with Crippen LogP contribution in [0.4, 0.5) is 0 Å². The molecule has 0 saturated carbocycles. The Kier molecular flexibility index (Phi) is 3.92. The summed E-state index contributed by atoms with van der Waals surface area (Å²) in [6.45, 7) is 0. The molecule has 3 heteroatoms. The minimum atomic E-state index is -0.0254. The van der Waals surface area contributed by atoms with Gasteiger partial charge in [-0.2, -0.15) is 0 Å². The number of rotatable bonds is 4. The van der Waals surface area contributed by atoms with E-state index in [4.69, 9.17) is 4.74 Å². The Hall–Kier alpha value is -1.77. The van der Waals surface area contributed by atoms with E-state index in [-0.39, 0.29) is 5.78 Å². The molecule has 0 spiro atoms. The lowest BCUT2D eigenvalue weighted by atomic mass is 10.1. The summed E-state index contributed by atoms with van der Waals surface area (Å²) in [5, 5.41) is 0. The molecular formula is C12H15NO2. The van der Waals surface area contributed by atoms with E-state index in [2.05, 4.69) is 0 Å². The van der Waals surface area contributed by atoms with E-state index >= 15 is 0 Å². The molecule has 3 nitrogen and oxygen atoms in total. The Bertz CT molecular complexity index is 370. The summed E-state index contributed by atoms with van der Waals surface area (Å²) in [6, 6.07) is 7.11. The van der Waals surface area contributed by atoms with E-state index in [1.54, 1.807) is 31.5 Å². The molecule has 0 aliphatic rings. The van der Waals surface area contributed by atoms with Crippen LogP contribution in [0.3, 0.4) is 0 Å². The smallest absolute Gasteiger partial charge is 0.187 e. The zero-order valence-electron chi connectivity index (χ0n) is 9.23. The maximum Gasteiger partial charge on any atom is 0.187 e. The van der Waals surface area contributed by atoms with Gasteiger partial charge in [0.1, 0.15) is 5.75 Å². The van der Waals surface area contributed by atoms with Gasteiger partial charge in [0.25, 0.3) is 0 Å². The predicted octanol–water partition coefficient (Wildman–Crippen LogP) is 1.95. The lowest BCUT2D eigenvalue weighted by Crippen LogP contribution is -2.03. The number of carbonyl (C=O) groups excluding carboxylic acids is 1. The van der Waals surface area contributed by atoms with E-state index in [9.17, 15) is 4.79 Å². The Morgan fingerprint density at radius 3 is 2.73 bits per heavy atom. The summed E-state index contributed by atoms with van der Waals surface area (Å²) in [5.41, 5.74) is 0.632. The van der Waals surface area contributed by atoms with Gasteiger partial charge in [0.05, 0.1) is 7.11 Å². The van der Waals surface area contributed by atoms with Crippen molar-refractivity contribution in [1.82, 2.24) is 4.90 Å². The minimum Gasteiger partial charge on any atom is -0.497 e. The number of methoxy groups -OCH3 is 1. The van der Waals surface area contributed by atoms with Gasteiger partial charge in [-0.25, -0.2) is 0 Å². The first kappa shape index (κ1) is 11.3. The van der Waals surface area contributed by atoms with Crippen LogP contribution in [-0.4, -0.2) is 31.9 Å². The van der Waals surface area contributed by atoms with Crippen LogP contribution in [0.5, 0.6) is 5.75 Å². The molecule has 0 radical (unpaired) electrons. The van der Waals surface area contributed by atoms with Crippen molar-refractivity contribution < 1.29 is 9.53 Å². The Labute approximate surface area is 90.0 Å². The third kappa shape index (κ3) is 3.46. The van der Waals surface area contributed by atoms with E-state index in [1.807, 2.05) is 25.1 Å². The maximum absolute atomic E-state index is 11.6. The molecule has 0 fully saturated rings. The van der Waals surface area contributed by atoms with Gasteiger partial charge in [0, 0.05) is 31.9 Å². The first-order valence-electron chi connectivity index (χ1n) is 4.66. The quantitative estimate of drug-likeness (QED) is 0.556. The van der Waals surface area contributed by atoms with Crippen molar-refractivity contribution in [2.24, 2.45) is 0 Å². The summed E-state index contributed by atoms with van der Waals surface area (Å²) < 4.78 is 5.04. The molecule has 0 atom stereocenters. The van der Waals surface area contributed by atoms with Gasteiger partial charge in [0.2, 0.25) is 0 Å². The molecule has 1 aromatic rings. The van der Waals surface area contributed by atoms with Crippen molar-refractivity contribution in [2.75, 3.05) is 21.2 Å². The van der Waals surface area contributed by atoms with Crippen molar-refractivity contribution >= 4 is 5.78 Å². The van der Waals surface area contributed by atoms with Crippen molar-refractivity contribution in [1.29, 1.82) is 0 Å². The van der Waals surface area contributed by atoms with Crippen LogP contribution >= 0.6 is 0 Å². The molecule has 0 heterocycles. The summed E-state index contributed by atoms with van der Waals surface area (Å²) in [7, 11) is 5.32. The normalized spacial score (nSPS) is 10.3. The number of hydrogen-bond donors (Lipinski definition) is 0. The van der Waals surface area contributed by atoms with Gasteiger partial charge in [-0.05, 0) is 12.1 Å². The largest absolute Gasteiger partial charge is 0.497 e. The van der Waals surface area contributed by atoms with Crippen LogP contribution in [-0.2, 0) is 0 Å². The molecule has 0 aliphatic heterocycles. The number of carbonyl (C=O) groups is 1. The monoisotopic (exact) mass is 205 g/mol. The number of ether oxygens (including phenoxy) is 1. The zero-order chi connectivity index (χ0) is 11.3. The van der Waals surface area contributed by atoms with Crippen molar-refractivity contribution in [3.05, 3.63) is 42.1 Å². The second-order valence-corrected chi connectivity index (χ2v) is 3.38. The fraction of sp³-hybridized carbons (Fsp3) is 0.250. The van der Waals surface area contributed by atoms with Crippen LogP contribution in [0.25, 0.3) is 0 Å². The van der Waals surface area contributed by atoms with Gasteiger partial charge in [-0.15, -0.1) is 0 Å². The Balaban J connectivity index is 2.82. The average Bonchev–Trinajstić information content (AvgIpc) is 2.26. The molecule has 80 valence electrons. The number of allylic oxidation sites excluding steroid dienone is 1. The van der Waals surface area contributed by atoms with Gasteiger partial charge < -0.3 is 9.64 Å². The second kappa shape index (κ2) is 5.20. The lowest BCUT2D eigenvalue weighted by molar-refractivity contribution is 0.104. The number of hydrogen-bond acceptors (Lipinski definition) is 3. The van der Waals surface area contributed by atoms with Gasteiger partial charge in [-0.3, -0.25) is 4.79 Å². The third-order valence-corrected chi connectivity index (χ3v) is 1.88. The van der Waals surface area contributed by atoms with E-state index in [0.29, 0.717) is 11.3 Å². The fourth-order valence-corrected chi connectivity index (χ4v) is 1.09. The standard InChI is InChI=1S/C12H15NO2/c1-13(2)8-7-12(14)10-5-4-6-11(9-10)15-3/h4-9H,1-3H3/b8-7-. The van der Waals surface area contributed by atoms with Crippen molar-refractivity contribution in [2.45, 2.75) is 0 Å². The highest BCUT2D eigenvalue weighted by atomic mass is 16.5. The molecule has 0 saturated heterocycles. The topological polar surface area (TPSA) is 29.5 Å². The molecular weight excluding hydrogens is 190 g/mol. The zero-order valence-corrected chi connectivity index (χ0v) is 9.23. The average molecular weight is 205 g/mol. The van der Waals surface area contributed by atoms with Crippen LogP contribution in [0, 0.1) is 0 Å². The molecule has 1 aromatic carbocycles. The van der Waals surface area contributed by atoms with Gasteiger partial charge >= 0.3 is 0 Å². The minimum absolute atomic E-state index is 0.0254. The maximum atomic E-state index is 11.6. The molecule has 0 aliphatic carbocycles. The summed E-state index contributed by atoms with van der Waals surface area (Å²) in [6.07, 6.45) is 3.26. The highest BCUT2D eigenvalue weighted by Crippen LogP contribution is 2.13. The van der Waals surface area contributed by atoms with Crippen molar-refractivity contribution in [3.8, 4) is 5.75 Å². The van der Waals surface area contributed by atoms with Gasteiger partial charge in [0.15, 0.2) is 5.78 Å². The first-order chi connectivity index (χ1) is 7.13. The molecule has 15 heavy (non-hydrogen) atoms. The molecule has 0 N–H and O–H groups in total. The van der Waals surface area contributed by atoms with Crippen LogP contribution in [0.1, 0.15) is 10.4 Å². The summed E-state index contributed by atoms with van der Waals surface area (Å²) in [4.78, 5) is 13.5. The second-order valence-electron chi connectivity index (χ2n) is 3.38. The molecule has 0 amide bonds. The van der Waals surface area contributed by atoms with Crippen LogP contribution < -0.4 is 4.74 Å². The Morgan fingerprint density at radius 2 is 2.13 bits per heavy atom. The van der Waals surface area contributed by atoms with Gasteiger partial charge in [-0.1, -0.05) is 12.1 Å². The number of nitrogens with zero attached hydrogens (tertiary/aromatic N) is 1. The molecule has 0 bridgehead atoms. The molecule has 0 aromatic heterocycles. The van der Waals surface area contributed by atoms with E-state index in [1.165, 1.54) is 6.08 Å². The highest BCUT2D eigenvalue weighted by Gasteiger charge is 2.02. The molecule has 1 rings (SSSR count). The Morgan fingerprint density at radius 1 is 1.40 bits per heavy atom. The van der Waals surface area contributed by atoms with E-state index < -0.39 is 0 Å². The van der Waals surface area contributed by atoms with Crippen LogP contribution in [0.2, 0.25) is 0 Å². The van der Waals surface area contributed by atoms with Crippen LogP contribution in [0.15, 0.2) is 36.5 Å².